The number of para-hydroxylation sites is 1. The fraction of sp³-hybridized carbons (Fsp3) is 0.462. The SMILES string of the molecule is Cc1cccc2c1NC(=O)C21CCOCC1. The molecule has 3 heteroatoms. The van der Waals surface area contributed by atoms with Crippen molar-refractivity contribution in [2.75, 3.05) is 18.5 Å². The maximum atomic E-state index is 12.2. The molecule has 2 aliphatic rings. The summed E-state index contributed by atoms with van der Waals surface area (Å²) in [4.78, 5) is 12.2. The third-order valence-electron chi connectivity index (χ3n) is 3.81. The molecular formula is C13H15NO2. The quantitative estimate of drug-likeness (QED) is 0.721. The number of fused-ring (bicyclic) bond motifs is 2. The number of carbonyl (C=O) groups is 1. The highest BCUT2D eigenvalue weighted by atomic mass is 16.5. The van der Waals surface area contributed by atoms with E-state index in [1.54, 1.807) is 0 Å². The monoisotopic (exact) mass is 217 g/mol. The van der Waals surface area contributed by atoms with Gasteiger partial charge in [-0.1, -0.05) is 18.2 Å². The van der Waals surface area contributed by atoms with Gasteiger partial charge in [-0.15, -0.1) is 0 Å². The zero-order valence-electron chi connectivity index (χ0n) is 9.38. The summed E-state index contributed by atoms with van der Waals surface area (Å²) in [5, 5.41) is 3.03. The number of nitrogens with one attached hydrogen (secondary N) is 1. The van der Waals surface area contributed by atoms with Crippen LogP contribution in [-0.4, -0.2) is 19.1 Å². The number of ether oxygens (including phenoxy) is 1. The predicted octanol–water partition coefficient (Wildman–Crippen LogP) is 2.00. The van der Waals surface area contributed by atoms with E-state index in [9.17, 15) is 4.79 Å². The summed E-state index contributed by atoms with van der Waals surface area (Å²) in [5.74, 6) is 0.153. The summed E-state index contributed by atoms with van der Waals surface area (Å²) >= 11 is 0. The number of rotatable bonds is 0. The van der Waals surface area contributed by atoms with Crippen LogP contribution in [0.1, 0.15) is 24.0 Å². The Morgan fingerprint density at radius 3 is 2.81 bits per heavy atom. The second-order valence-electron chi connectivity index (χ2n) is 4.65. The van der Waals surface area contributed by atoms with Gasteiger partial charge in [-0.05, 0) is 30.9 Å². The van der Waals surface area contributed by atoms with Gasteiger partial charge in [0.25, 0.3) is 0 Å². The highest BCUT2D eigenvalue weighted by Gasteiger charge is 2.47. The van der Waals surface area contributed by atoms with E-state index in [1.165, 1.54) is 5.56 Å². The van der Waals surface area contributed by atoms with E-state index < -0.39 is 0 Å². The van der Waals surface area contributed by atoms with E-state index in [4.69, 9.17) is 4.74 Å². The Balaban J connectivity index is 2.15. The van der Waals surface area contributed by atoms with Crippen LogP contribution in [0.3, 0.4) is 0 Å². The highest BCUT2D eigenvalue weighted by Crippen LogP contribution is 2.45. The Morgan fingerprint density at radius 1 is 1.31 bits per heavy atom. The molecule has 2 aliphatic heterocycles. The van der Waals surface area contributed by atoms with Crippen molar-refractivity contribution in [1.29, 1.82) is 0 Å². The summed E-state index contributed by atoms with van der Waals surface area (Å²) < 4.78 is 5.37. The molecule has 1 spiro atoms. The van der Waals surface area contributed by atoms with Crippen molar-refractivity contribution in [1.82, 2.24) is 0 Å². The van der Waals surface area contributed by atoms with Crippen molar-refractivity contribution < 1.29 is 9.53 Å². The van der Waals surface area contributed by atoms with Crippen LogP contribution in [0, 0.1) is 6.92 Å². The molecule has 0 unspecified atom stereocenters. The maximum absolute atomic E-state index is 12.2. The topological polar surface area (TPSA) is 38.3 Å². The van der Waals surface area contributed by atoms with Crippen LogP contribution in [0.5, 0.6) is 0 Å². The number of carbonyl (C=O) groups excluding carboxylic acids is 1. The molecule has 0 atom stereocenters. The Bertz CT molecular complexity index is 447. The number of benzene rings is 1. The van der Waals surface area contributed by atoms with Crippen LogP contribution in [0.2, 0.25) is 0 Å². The van der Waals surface area contributed by atoms with Crippen LogP contribution < -0.4 is 5.32 Å². The second kappa shape index (κ2) is 3.32. The summed E-state index contributed by atoms with van der Waals surface area (Å²) in [7, 11) is 0. The lowest BCUT2D eigenvalue weighted by Gasteiger charge is -2.31. The molecule has 2 heterocycles. The molecule has 0 radical (unpaired) electrons. The van der Waals surface area contributed by atoms with Gasteiger partial charge in [-0.3, -0.25) is 4.79 Å². The molecule has 0 saturated carbocycles. The molecule has 16 heavy (non-hydrogen) atoms. The Morgan fingerprint density at radius 2 is 2.06 bits per heavy atom. The normalized spacial score (nSPS) is 21.9. The summed E-state index contributed by atoms with van der Waals surface area (Å²) in [6.45, 7) is 3.40. The van der Waals surface area contributed by atoms with Gasteiger partial charge in [0.2, 0.25) is 5.91 Å². The van der Waals surface area contributed by atoms with Crippen LogP contribution in [0.4, 0.5) is 5.69 Å². The van der Waals surface area contributed by atoms with Crippen molar-refractivity contribution in [3.63, 3.8) is 0 Å². The fourth-order valence-corrected chi connectivity index (χ4v) is 2.80. The molecule has 3 rings (SSSR count). The molecule has 1 fully saturated rings. The zero-order chi connectivity index (χ0) is 11.2. The average molecular weight is 217 g/mol. The van der Waals surface area contributed by atoms with Gasteiger partial charge in [-0.25, -0.2) is 0 Å². The standard InChI is InChI=1S/C13H15NO2/c1-9-3-2-4-10-11(9)14-12(15)13(10)5-7-16-8-6-13/h2-4H,5-8H2,1H3,(H,14,15). The van der Waals surface area contributed by atoms with E-state index in [0.29, 0.717) is 13.2 Å². The van der Waals surface area contributed by atoms with E-state index in [0.717, 1.165) is 24.1 Å². The fourth-order valence-electron chi connectivity index (χ4n) is 2.80. The third kappa shape index (κ3) is 1.15. The minimum atomic E-state index is -0.320. The van der Waals surface area contributed by atoms with E-state index in [2.05, 4.69) is 11.4 Å². The first-order valence-electron chi connectivity index (χ1n) is 5.73. The molecule has 3 nitrogen and oxygen atoms in total. The molecular weight excluding hydrogens is 202 g/mol. The molecule has 1 aromatic carbocycles. The Kier molecular flexibility index (Phi) is 2.04. The summed E-state index contributed by atoms with van der Waals surface area (Å²) in [6, 6.07) is 6.15. The smallest absolute Gasteiger partial charge is 0.235 e. The van der Waals surface area contributed by atoms with Crippen molar-refractivity contribution in [3.8, 4) is 0 Å². The van der Waals surface area contributed by atoms with Crippen molar-refractivity contribution >= 4 is 11.6 Å². The lowest BCUT2D eigenvalue weighted by Crippen LogP contribution is -2.39. The molecule has 1 amide bonds. The van der Waals surface area contributed by atoms with E-state index in [1.807, 2.05) is 19.1 Å². The number of amides is 1. The van der Waals surface area contributed by atoms with E-state index >= 15 is 0 Å². The van der Waals surface area contributed by atoms with Gasteiger partial charge < -0.3 is 10.1 Å². The molecule has 84 valence electrons. The summed E-state index contributed by atoms with van der Waals surface area (Å²) in [6.07, 6.45) is 1.60. The maximum Gasteiger partial charge on any atom is 0.235 e. The van der Waals surface area contributed by atoms with Crippen LogP contribution in [0.25, 0.3) is 0 Å². The average Bonchev–Trinajstić information content (AvgIpc) is 2.57. The van der Waals surface area contributed by atoms with Crippen LogP contribution >= 0.6 is 0 Å². The molecule has 1 saturated heterocycles. The Labute approximate surface area is 94.8 Å². The largest absolute Gasteiger partial charge is 0.381 e. The van der Waals surface area contributed by atoms with Gasteiger partial charge in [0.15, 0.2) is 0 Å². The van der Waals surface area contributed by atoms with Gasteiger partial charge in [0.05, 0.1) is 5.41 Å². The van der Waals surface area contributed by atoms with Gasteiger partial charge in [0.1, 0.15) is 0 Å². The molecule has 0 aliphatic carbocycles. The predicted molar refractivity (Wildman–Crippen MR) is 61.5 cm³/mol. The van der Waals surface area contributed by atoms with Gasteiger partial charge >= 0.3 is 0 Å². The second-order valence-corrected chi connectivity index (χ2v) is 4.65. The van der Waals surface area contributed by atoms with Gasteiger partial charge in [-0.2, -0.15) is 0 Å². The minimum absolute atomic E-state index is 0.153. The van der Waals surface area contributed by atoms with Crippen molar-refractivity contribution in [2.24, 2.45) is 0 Å². The first kappa shape index (κ1) is 9.85. The summed E-state index contributed by atoms with van der Waals surface area (Å²) in [5.41, 5.74) is 3.02. The van der Waals surface area contributed by atoms with Gasteiger partial charge in [0, 0.05) is 18.9 Å². The Hall–Kier alpha value is -1.35. The number of aryl methyl sites for hydroxylation is 1. The molecule has 0 bridgehead atoms. The van der Waals surface area contributed by atoms with E-state index in [-0.39, 0.29) is 11.3 Å². The minimum Gasteiger partial charge on any atom is -0.381 e. The zero-order valence-corrected chi connectivity index (χ0v) is 9.38. The number of anilines is 1. The van der Waals surface area contributed by atoms with Crippen LogP contribution in [-0.2, 0) is 14.9 Å². The molecule has 1 N–H and O–H groups in total. The molecule has 1 aromatic rings. The molecule has 0 aromatic heterocycles. The third-order valence-corrected chi connectivity index (χ3v) is 3.81. The first-order valence-corrected chi connectivity index (χ1v) is 5.73. The van der Waals surface area contributed by atoms with Crippen molar-refractivity contribution in [2.45, 2.75) is 25.2 Å². The van der Waals surface area contributed by atoms with Crippen molar-refractivity contribution in [3.05, 3.63) is 29.3 Å². The lowest BCUT2D eigenvalue weighted by atomic mass is 9.75. The lowest BCUT2D eigenvalue weighted by molar-refractivity contribution is -0.124. The van der Waals surface area contributed by atoms with Crippen LogP contribution in [0.15, 0.2) is 18.2 Å². The highest BCUT2D eigenvalue weighted by molar-refractivity contribution is 6.07. The number of hydrogen-bond acceptors (Lipinski definition) is 2. The first-order chi connectivity index (χ1) is 7.74. The number of hydrogen-bond donors (Lipinski definition) is 1.